The first-order valence-electron chi connectivity index (χ1n) is 7.49. The molecule has 0 amide bonds. The molecule has 2 heterocycles. The third kappa shape index (κ3) is 3.28. The first-order chi connectivity index (χ1) is 10.3. The molecule has 0 bridgehead atoms. The van der Waals surface area contributed by atoms with E-state index < -0.39 is 0 Å². The SMILES string of the molecule is NCCN1CCCN(c2ccnc3cc(Cl)ccc23)CC1. The summed E-state index contributed by atoms with van der Waals surface area (Å²) in [6.07, 6.45) is 3.04. The number of anilines is 1. The molecule has 0 spiro atoms. The number of halogens is 1. The molecule has 1 aliphatic heterocycles. The van der Waals surface area contributed by atoms with Crippen molar-refractivity contribution in [2.75, 3.05) is 44.2 Å². The molecule has 2 N–H and O–H groups in total. The highest BCUT2D eigenvalue weighted by Gasteiger charge is 2.16. The fourth-order valence-corrected chi connectivity index (χ4v) is 3.17. The zero-order valence-corrected chi connectivity index (χ0v) is 12.9. The summed E-state index contributed by atoms with van der Waals surface area (Å²) in [4.78, 5) is 9.32. The van der Waals surface area contributed by atoms with Gasteiger partial charge in [-0.1, -0.05) is 11.6 Å². The van der Waals surface area contributed by atoms with Crippen molar-refractivity contribution in [2.45, 2.75) is 6.42 Å². The quantitative estimate of drug-likeness (QED) is 0.945. The predicted octanol–water partition coefficient (Wildman–Crippen LogP) is 2.36. The third-order valence-electron chi connectivity index (χ3n) is 4.06. The lowest BCUT2D eigenvalue weighted by Crippen LogP contribution is -2.33. The van der Waals surface area contributed by atoms with Gasteiger partial charge in [-0.05, 0) is 37.2 Å². The molecule has 4 nitrogen and oxygen atoms in total. The Bertz CT molecular complexity index is 616. The van der Waals surface area contributed by atoms with Crippen LogP contribution in [0.15, 0.2) is 30.5 Å². The van der Waals surface area contributed by atoms with Crippen LogP contribution in [-0.2, 0) is 0 Å². The van der Waals surface area contributed by atoms with Gasteiger partial charge in [0.2, 0.25) is 0 Å². The first kappa shape index (κ1) is 14.6. The van der Waals surface area contributed by atoms with Crippen molar-refractivity contribution in [1.29, 1.82) is 0 Å². The number of hydrogen-bond acceptors (Lipinski definition) is 4. The molecule has 0 atom stereocenters. The zero-order valence-electron chi connectivity index (χ0n) is 12.1. The average molecular weight is 305 g/mol. The summed E-state index contributed by atoms with van der Waals surface area (Å²) in [6.45, 7) is 6.01. The van der Waals surface area contributed by atoms with Crippen molar-refractivity contribution in [2.24, 2.45) is 5.73 Å². The van der Waals surface area contributed by atoms with Crippen LogP contribution in [0.3, 0.4) is 0 Å². The summed E-state index contributed by atoms with van der Waals surface area (Å²) in [5, 5.41) is 1.91. The number of nitrogens with two attached hydrogens (primary N) is 1. The van der Waals surface area contributed by atoms with Crippen molar-refractivity contribution in [3.05, 3.63) is 35.5 Å². The van der Waals surface area contributed by atoms with Gasteiger partial charge in [-0.25, -0.2) is 0 Å². The highest BCUT2D eigenvalue weighted by molar-refractivity contribution is 6.31. The van der Waals surface area contributed by atoms with Gasteiger partial charge >= 0.3 is 0 Å². The van der Waals surface area contributed by atoms with Gasteiger partial charge in [0.1, 0.15) is 0 Å². The number of hydrogen-bond donors (Lipinski definition) is 1. The fraction of sp³-hybridized carbons (Fsp3) is 0.438. The monoisotopic (exact) mass is 304 g/mol. The Balaban J connectivity index is 1.86. The molecule has 2 aromatic rings. The summed E-state index contributed by atoms with van der Waals surface area (Å²) < 4.78 is 0. The Kier molecular flexibility index (Phi) is 4.58. The normalized spacial score (nSPS) is 17.1. The summed E-state index contributed by atoms with van der Waals surface area (Å²) in [5.74, 6) is 0. The fourth-order valence-electron chi connectivity index (χ4n) is 3.00. The van der Waals surface area contributed by atoms with E-state index in [2.05, 4.69) is 26.9 Å². The Labute approximate surface area is 130 Å². The van der Waals surface area contributed by atoms with Gasteiger partial charge in [0, 0.05) is 55.0 Å². The second-order valence-electron chi connectivity index (χ2n) is 5.46. The van der Waals surface area contributed by atoms with E-state index in [1.807, 2.05) is 18.3 Å². The Morgan fingerprint density at radius 1 is 1.14 bits per heavy atom. The van der Waals surface area contributed by atoms with Gasteiger partial charge in [-0.2, -0.15) is 0 Å². The molecule has 3 rings (SSSR count). The average Bonchev–Trinajstić information content (AvgIpc) is 2.72. The molecule has 21 heavy (non-hydrogen) atoms. The second kappa shape index (κ2) is 6.60. The largest absolute Gasteiger partial charge is 0.370 e. The molecule has 0 saturated carbocycles. The van der Waals surface area contributed by atoms with E-state index in [1.165, 1.54) is 11.1 Å². The van der Waals surface area contributed by atoms with Crippen LogP contribution >= 0.6 is 11.6 Å². The number of fused-ring (bicyclic) bond motifs is 1. The van der Waals surface area contributed by atoms with Crippen LogP contribution in [0.1, 0.15) is 6.42 Å². The van der Waals surface area contributed by atoms with Crippen LogP contribution in [0.2, 0.25) is 5.02 Å². The second-order valence-corrected chi connectivity index (χ2v) is 5.90. The lowest BCUT2D eigenvalue weighted by atomic mass is 10.1. The van der Waals surface area contributed by atoms with E-state index in [4.69, 9.17) is 17.3 Å². The Morgan fingerprint density at radius 3 is 2.90 bits per heavy atom. The van der Waals surface area contributed by atoms with Gasteiger partial charge in [0.15, 0.2) is 0 Å². The molecule has 0 radical (unpaired) electrons. The van der Waals surface area contributed by atoms with Gasteiger partial charge in [-0.3, -0.25) is 4.98 Å². The van der Waals surface area contributed by atoms with Crippen LogP contribution in [0, 0.1) is 0 Å². The van der Waals surface area contributed by atoms with Crippen molar-refractivity contribution in [3.8, 4) is 0 Å². The standard InChI is InChI=1S/C16H21ClN4/c17-13-2-3-14-15(12-13)19-6-4-16(14)21-8-1-7-20(9-5-18)10-11-21/h2-4,6,12H,1,5,7-11,18H2. The van der Waals surface area contributed by atoms with E-state index >= 15 is 0 Å². The first-order valence-corrected chi connectivity index (χ1v) is 7.87. The van der Waals surface area contributed by atoms with E-state index in [0.717, 1.165) is 56.2 Å². The summed E-state index contributed by atoms with van der Waals surface area (Å²) in [6, 6.07) is 8.05. The number of aromatic nitrogens is 1. The summed E-state index contributed by atoms with van der Waals surface area (Å²) in [7, 11) is 0. The zero-order chi connectivity index (χ0) is 14.7. The molecule has 1 saturated heterocycles. The lowest BCUT2D eigenvalue weighted by Gasteiger charge is -2.24. The van der Waals surface area contributed by atoms with Gasteiger partial charge < -0.3 is 15.5 Å². The predicted molar refractivity (Wildman–Crippen MR) is 89.1 cm³/mol. The number of rotatable bonds is 3. The maximum atomic E-state index is 6.06. The van der Waals surface area contributed by atoms with Crippen molar-refractivity contribution in [3.63, 3.8) is 0 Å². The minimum atomic E-state index is 0.733. The van der Waals surface area contributed by atoms with E-state index in [9.17, 15) is 0 Å². The van der Waals surface area contributed by atoms with Crippen LogP contribution in [-0.4, -0.2) is 49.2 Å². The van der Waals surface area contributed by atoms with Crippen LogP contribution < -0.4 is 10.6 Å². The van der Waals surface area contributed by atoms with Crippen LogP contribution in [0.25, 0.3) is 10.9 Å². The number of pyridine rings is 1. The maximum Gasteiger partial charge on any atom is 0.0737 e. The minimum Gasteiger partial charge on any atom is -0.370 e. The molecule has 1 aromatic carbocycles. The highest BCUT2D eigenvalue weighted by atomic mass is 35.5. The number of nitrogens with zero attached hydrogens (tertiary/aromatic N) is 3. The molecule has 0 aliphatic carbocycles. The molecule has 1 aliphatic rings. The topological polar surface area (TPSA) is 45.4 Å². The molecule has 1 fully saturated rings. The number of benzene rings is 1. The van der Waals surface area contributed by atoms with Crippen LogP contribution in [0.4, 0.5) is 5.69 Å². The van der Waals surface area contributed by atoms with Gasteiger partial charge in [-0.15, -0.1) is 0 Å². The maximum absolute atomic E-state index is 6.06. The smallest absolute Gasteiger partial charge is 0.0737 e. The molecule has 5 heteroatoms. The summed E-state index contributed by atoms with van der Waals surface area (Å²) >= 11 is 6.06. The summed E-state index contributed by atoms with van der Waals surface area (Å²) in [5.41, 5.74) is 7.89. The molecule has 1 aromatic heterocycles. The van der Waals surface area contributed by atoms with E-state index in [0.29, 0.717) is 0 Å². The molecule has 112 valence electrons. The molecular formula is C16H21ClN4. The Hall–Kier alpha value is -1.36. The lowest BCUT2D eigenvalue weighted by molar-refractivity contribution is 0.302. The van der Waals surface area contributed by atoms with Crippen molar-refractivity contribution in [1.82, 2.24) is 9.88 Å². The van der Waals surface area contributed by atoms with Crippen molar-refractivity contribution < 1.29 is 0 Å². The van der Waals surface area contributed by atoms with Gasteiger partial charge in [0.05, 0.1) is 5.52 Å². The van der Waals surface area contributed by atoms with E-state index in [-0.39, 0.29) is 0 Å². The Morgan fingerprint density at radius 2 is 2.05 bits per heavy atom. The van der Waals surface area contributed by atoms with Crippen molar-refractivity contribution >= 4 is 28.2 Å². The molecule has 0 unspecified atom stereocenters. The molecular weight excluding hydrogens is 284 g/mol. The third-order valence-corrected chi connectivity index (χ3v) is 4.29. The van der Waals surface area contributed by atoms with E-state index in [1.54, 1.807) is 0 Å². The highest BCUT2D eigenvalue weighted by Crippen LogP contribution is 2.28. The van der Waals surface area contributed by atoms with Gasteiger partial charge in [0.25, 0.3) is 0 Å². The minimum absolute atomic E-state index is 0.733. The van der Waals surface area contributed by atoms with Crippen LogP contribution in [0.5, 0.6) is 0 Å².